The molecule has 3 rings (SSSR count). The lowest BCUT2D eigenvalue weighted by Gasteiger charge is -2.11. The number of rotatable bonds is 8. The van der Waals surface area contributed by atoms with Gasteiger partial charge in [-0.3, -0.25) is 9.48 Å². The van der Waals surface area contributed by atoms with E-state index in [4.69, 9.17) is 5.11 Å². The first-order chi connectivity index (χ1) is 15.5. The van der Waals surface area contributed by atoms with Gasteiger partial charge in [0.15, 0.2) is 5.82 Å². The molecule has 0 aliphatic heterocycles. The molecule has 1 amide bonds. The number of nitrogens with zero attached hydrogens (tertiary/aromatic N) is 4. The summed E-state index contributed by atoms with van der Waals surface area (Å²) in [4.78, 5) is 21.4. The quantitative estimate of drug-likeness (QED) is 0.529. The Bertz CT molecular complexity index is 1140. The summed E-state index contributed by atoms with van der Waals surface area (Å²) in [5, 5.41) is 15.8. The standard InChI is InChI=1S/C22H22F3N5O3/c1-13(2)10-30-11-16(9-26-30)20-28-18(8-19(29-20)21(32)27-14(3)12-31)15-4-6-17(7-5-15)33-22(23,24)25/h4-9,11,13,31H,3,10,12H2,1-2H3,(H,27,32). The summed E-state index contributed by atoms with van der Waals surface area (Å²) in [5.41, 5.74) is 1.37. The van der Waals surface area contributed by atoms with Gasteiger partial charge in [0.05, 0.1) is 24.1 Å². The molecule has 0 atom stereocenters. The Morgan fingerprint density at radius 1 is 1.21 bits per heavy atom. The van der Waals surface area contributed by atoms with Crippen molar-refractivity contribution < 1.29 is 27.8 Å². The number of hydrogen-bond acceptors (Lipinski definition) is 6. The van der Waals surface area contributed by atoms with Gasteiger partial charge in [0, 0.05) is 24.0 Å². The fraction of sp³-hybridized carbons (Fsp3) is 0.273. The molecule has 11 heteroatoms. The van der Waals surface area contributed by atoms with Crippen LogP contribution in [0.5, 0.6) is 5.75 Å². The van der Waals surface area contributed by atoms with Gasteiger partial charge in [-0.15, -0.1) is 13.2 Å². The van der Waals surface area contributed by atoms with Crippen molar-refractivity contribution in [3.05, 3.63) is 60.7 Å². The molecule has 8 nitrogen and oxygen atoms in total. The largest absolute Gasteiger partial charge is 0.573 e. The molecule has 0 saturated heterocycles. The van der Waals surface area contributed by atoms with Crippen molar-refractivity contribution in [3.8, 4) is 28.4 Å². The van der Waals surface area contributed by atoms with Gasteiger partial charge in [-0.1, -0.05) is 20.4 Å². The van der Waals surface area contributed by atoms with Crippen molar-refractivity contribution in [2.75, 3.05) is 6.61 Å². The van der Waals surface area contributed by atoms with Crippen LogP contribution in [0.15, 0.2) is 55.0 Å². The lowest BCUT2D eigenvalue weighted by molar-refractivity contribution is -0.274. The van der Waals surface area contributed by atoms with Crippen molar-refractivity contribution in [1.29, 1.82) is 0 Å². The van der Waals surface area contributed by atoms with Gasteiger partial charge in [-0.05, 0) is 36.2 Å². The third kappa shape index (κ3) is 6.62. The number of aliphatic hydroxyl groups is 1. The highest BCUT2D eigenvalue weighted by molar-refractivity contribution is 5.94. The Morgan fingerprint density at radius 3 is 2.52 bits per heavy atom. The third-order valence-electron chi connectivity index (χ3n) is 4.27. The number of nitrogens with one attached hydrogen (secondary N) is 1. The molecule has 0 fully saturated rings. The summed E-state index contributed by atoms with van der Waals surface area (Å²) in [6, 6.07) is 6.48. The van der Waals surface area contributed by atoms with Crippen molar-refractivity contribution in [2.45, 2.75) is 26.8 Å². The molecule has 33 heavy (non-hydrogen) atoms. The smallest absolute Gasteiger partial charge is 0.406 e. The van der Waals surface area contributed by atoms with Crippen molar-refractivity contribution in [3.63, 3.8) is 0 Å². The zero-order chi connectivity index (χ0) is 24.2. The number of carbonyl (C=O) groups is 1. The maximum atomic E-state index is 12.6. The van der Waals surface area contributed by atoms with Gasteiger partial charge < -0.3 is 15.2 Å². The van der Waals surface area contributed by atoms with E-state index < -0.39 is 18.9 Å². The number of carbonyl (C=O) groups excluding carboxylic acids is 1. The number of aromatic nitrogens is 4. The summed E-state index contributed by atoms with van der Waals surface area (Å²) < 4.78 is 43.0. The SMILES string of the molecule is C=C(CO)NC(=O)c1cc(-c2ccc(OC(F)(F)F)cc2)nc(-c2cnn(CC(C)C)c2)n1. The van der Waals surface area contributed by atoms with Crippen LogP contribution in [0.3, 0.4) is 0 Å². The number of aliphatic hydroxyl groups excluding tert-OH is 1. The zero-order valence-electron chi connectivity index (χ0n) is 17.9. The van der Waals surface area contributed by atoms with Gasteiger partial charge >= 0.3 is 6.36 Å². The van der Waals surface area contributed by atoms with Crippen LogP contribution in [0, 0.1) is 5.92 Å². The highest BCUT2D eigenvalue weighted by atomic mass is 19.4. The van der Waals surface area contributed by atoms with E-state index in [1.165, 1.54) is 18.2 Å². The van der Waals surface area contributed by atoms with E-state index in [0.29, 0.717) is 29.3 Å². The Hall–Kier alpha value is -3.73. The summed E-state index contributed by atoms with van der Waals surface area (Å²) >= 11 is 0. The average molecular weight is 461 g/mol. The fourth-order valence-electron chi connectivity index (χ4n) is 2.89. The molecule has 0 radical (unpaired) electrons. The summed E-state index contributed by atoms with van der Waals surface area (Å²) in [6.45, 7) is 7.84. The molecule has 1 aromatic carbocycles. The van der Waals surface area contributed by atoms with Gasteiger partial charge in [-0.2, -0.15) is 5.10 Å². The van der Waals surface area contributed by atoms with Crippen LogP contribution in [0.25, 0.3) is 22.6 Å². The lowest BCUT2D eigenvalue weighted by atomic mass is 10.1. The topological polar surface area (TPSA) is 102 Å². The Balaban J connectivity index is 2.01. The molecule has 0 saturated carbocycles. The fourth-order valence-corrected chi connectivity index (χ4v) is 2.89. The van der Waals surface area contributed by atoms with Crippen LogP contribution >= 0.6 is 0 Å². The second-order valence-electron chi connectivity index (χ2n) is 7.59. The Kier molecular flexibility index (Phi) is 7.12. The number of alkyl halides is 3. The third-order valence-corrected chi connectivity index (χ3v) is 4.27. The molecule has 0 bridgehead atoms. The predicted molar refractivity (Wildman–Crippen MR) is 114 cm³/mol. The number of benzene rings is 1. The van der Waals surface area contributed by atoms with E-state index >= 15 is 0 Å². The molecule has 174 valence electrons. The van der Waals surface area contributed by atoms with Gasteiger partial charge in [0.25, 0.3) is 5.91 Å². The minimum Gasteiger partial charge on any atom is -0.406 e. The van der Waals surface area contributed by atoms with Crippen LogP contribution in [0.4, 0.5) is 13.2 Å². The Morgan fingerprint density at radius 2 is 1.91 bits per heavy atom. The van der Waals surface area contributed by atoms with E-state index in [0.717, 1.165) is 12.1 Å². The molecule has 2 heterocycles. The minimum atomic E-state index is -4.81. The number of amides is 1. The zero-order valence-corrected chi connectivity index (χ0v) is 17.9. The maximum absolute atomic E-state index is 12.6. The highest BCUT2D eigenvalue weighted by Crippen LogP contribution is 2.27. The molecular formula is C22H22F3N5O3. The van der Waals surface area contributed by atoms with E-state index in [2.05, 4.69) is 31.7 Å². The first-order valence-electron chi connectivity index (χ1n) is 9.92. The Labute approximate surface area is 187 Å². The van der Waals surface area contributed by atoms with Gasteiger partial charge in [-0.25, -0.2) is 9.97 Å². The molecule has 2 aromatic heterocycles. The van der Waals surface area contributed by atoms with Crippen molar-refractivity contribution >= 4 is 5.91 Å². The molecule has 0 unspecified atom stereocenters. The van der Waals surface area contributed by atoms with E-state index in [-0.39, 0.29) is 23.0 Å². The first-order valence-corrected chi connectivity index (χ1v) is 9.92. The summed E-state index contributed by atoms with van der Waals surface area (Å²) in [6.07, 6.45) is -1.50. The van der Waals surface area contributed by atoms with Crippen LogP contribution < -0.4 is 10.1 Å². The van der Waals surface area contributed by atoms with E-state index in [9.17, 15) is 18.0 Å². The molecule has 2 N–H and O–H groups in total. The van der Waals surface area contributed by atoms with Crippen LogP contribution in [0.1, 0.15) is 24.3 Å². The highest BCUT2D eigenvalue weighted by Gasteiger charge is 2.31. The molecule has 0 aliphatic carbocycles. The molecular weight excluding hydrogens is 439 g/mol. The molecule has 0 spiro atoms. The lowest BCUT2D eigenvalue weighted by Crippen LogP contribution is -2.25. The second-order valence-corrected chi connectivity index (χ2v) is 7.59. The van der Waals surface area contributed by atoms with Crippen LogP contribution in [0.2, 0.25) is 0 Å². The van der Waals surface area contributed by atoms with Gasteiger partial charge in [0.2, 0.25) is 0 Å². The maximum Gasteiger partial charge on any atom is 0.573 e. The monoisotopic (exact) mass is 461 g/mol. The second kappa shape index (κ2) is 9.82. The van der Waals surface area contributed by atoms with Crippen LogP contribution in [-0.4, -0.2) is 43.7 Å². The average Bonchev–Trinajstić information content (AvgIpc) is 3.20. The normalized spacial score (nSPS) is 11.5. The number of hydrogen-bond donors (Lipinski definition) is 2. The summed E-state index contributed by atoms with van der Waals surface area (Å²) in [7, 11) is 0. The van der Waals surface area contributed by atoms with Crippen molar-refractivity contribution in [2.24, 2.45) is 5.92 Å². The van der Waals surface area contributed by atoms with Gasteiger partial charge in [0.1, 0.15) is 11.4 Å². The summed E-state index contributed by atoms with van der Waals surface area (Å²) in [5.74, 6) is -0.440. The van der Waals surface area contributed by atoms with E-state index in [1.54, 1.807) is 17.1 Å². The molecule has 3 aromatic rings. The van der Waals surface area contributed by atoms with Crippen molar-refractivity contribution in [1.82, 2.24) is 25.1 Å². The minimum absolute atomic E-state index is 0.0168. The number of halogens is 3. The molecule has 0 aliphatic rings. The van der Waals surface area contributed by atoms with E-state index in [1.807, 2.05) is 13.8 Å². The number of ether oxygens (including phenoxy) is 1. The van der Waals surface area contributed by atoms with Crippen LogP contribution in [-0.2, 0) is 6.54 Å². The predicted octanol–water partition coefficient (Wildman–Crippen LogP) is 3.80. The first kappa shape index (κ1) is 23.9.